The van der Waals surface area contributed by atoms with E-state index in [1.165, 1.54) is 16.8 Å². The highest BCUT2D eigenvalue weighted by Crippen LogP contribution is 2.20. The summed E-state index contributed by atoms with van der Waals surface area (Å²) in [6.45, 7) is 10.7. The van der Waals surface area contributed by atoms with Gasteiger partial charge in [0, 0.05) is 63.2 Å². The van der Waals surface area contributed by atoms with Gasteiger partial charge >= 0.3 is 0 Å². The summed E-state index contributed by atoms with van der Waals surface area (Å²) < 4.78 is 2.12. The van der Waals surface area contributed by atoms with Gasteiger partial charge in [-0.05, 0) is 42.2 Å². The molecular weight excluding hydrogens is 332 g/mol. The van der Waals surface area contributed by atoms with E-state index in [1.807, 2.05) is 6.20 Å². The highest BCUT2D eigenvalue weighted by atomic mass is 32.1. The summed E-state index contributed by atoms with van der Waals surface area (Å²) in [5.74, 6) is 0. The molecule has 1 atom stereocenters. The van der Waals surface area contributed by atoms with Crippen molar-refractivity contribution in [2.75, 3.05) is 26.2 Å². The third-order valence-corrected chi connectivity index (χ3v) is 5.88. The number of nitrogens with zero attached hydrogens (tertiary/aromatic N) is 4. The summed E-state index contributed by atoms with van der Waals surface area (Å²) in [7, 11) is 0. The quantitative estimate of drug-likeness (QED) is 0.784. The first-order valence-electron chi connectivity index (χ1n) is 9.31. The molecule has 1 saturated heterocycles. The van der Waals surface area contributed by atoms with E-state index >= 15 is 0 Å². The number of hydrogen-bond acceptors (Lipinski definition) is 5. The fourth-order valence-corrected chi connectivity index (χ4v) is 4.33. The number of rotatable bonds is 8. The van der Waals surface area contributed by atoms with Gasteiger partial charge in [-0.3, -0.25) is 14.5 Å². The van der Waals surface area contributed by atoms with Crippen LogP contribution in [0.3, 0.4) is 0 Å². The van der Waals surface area contributed by atoms with Crippen molar-refractivity contribution in [3.63, 3.8) is 0 Å². The van der Waals surface area contributed by atoms with Crippen molar-refractivity contribution in [3.8, 4) is 0 Å². The molecule has 3 heterocycles. The summed E-state index contributed by atoms with van der Waals surface area (Å²) in [6, 6.07) is 2.63. The molecule has 0 unspecified atom stereocenters. The van der Waals surface area contributed by atoms with Crippen LogP contribution in [0.4, 0.5) is 0 Å². The molecule has 0 aromatic carbocycles. The van der Waals surface area contributed by atoms with Crippen LogP contribution in [0.2, 0.25) is 0 Å². The van der Waals surface area contributed by atoms with E-state index in [4.69, 9.17) is 0 Å². The van der Waals surface area contributed by atoms with E-state index in [-0.39, 0.29) is 6.61 Å². The first kappa shape index (κ1) is 18.6. The van der Waals surface area contributed by atoms with Gasteiger partial charge in [-0.15, -0.1) is 0 Å². The van der Waals surface area contributed by atoms with Gasteiger partial charge in [0.1, 0.15) is 0 Å². The van der Waals surface area contributed by atoms with Crippen molar-refractivity contribution in [2.45, 2.75) is 52.4 Å². The molecule has 2 aromatic rings. The third kappa shape index (κ3) is 4.70. The molecule has 0 aliphatic carbocycles. The Labute approximate surface area is 154 Å². The largest absolute Gasteiger partial charge is 0.396 e. The Morgan fingerprint density at radius 2 is 2.20 bits per heavy atom. The Morgan fingerprint density at radius 1 is 1.32 bits per heavy atom. The van der Waals surface area contributed by atoms with E-state index in [0.717, 1.165) is 52.1 Å². The first-order chi connectivity index (χ1) is 12.2. The van der Waals surface area contributed by atoms with Crippen LogP contribution >= 0.6 is 11.3 Å². The molecule has 0 saturated carbocycles. The standard InChI is InChI=1S/C19H30N4OS/c1-3-6-23-16(2)18(11-20-23)13-21-7-8-22(19(14-21)4-9-24)12-17-5-10-25-15-17/h5,10-11,15,19,24H,3-4,6-9,12-14H2,1-2H3/t19-/m1/s1. The average molecular weight is 363 g/mol. The zero-order valence-corrected chi connectivity index (χ0v) is 16.2. The molecule has 3 rings (SSSR count). The number of aliphatic hydroxyl groups is 1. The van der Waals surface area contributed by atoms with Gasteiger partial charge in [0.25, 0.3) is 0 Å². The van der Waals surface area contributed by atoms with Crippen LogP contribution in [0.1, 0.15) is 36.6 Å². The Hall–Kier alpha value is -1.21. The molecule has 138 valence electrons. The Bertz CT molecular complexity index is 640. The molecule has 0 radical (unpaired) electrons. The predicted molar refractivity (Wildman–Crippen MR) is 103 cm³/mol. The van der Waals surface area contributed by atoms with Gasteiger partial charge in [-0.2, -0.15) is 16.4 Å². The Balaban J connectivity index is 1.61. The van der Waals surface area contributed by atoms with Crippen LogP contribution in [0.5, 0.6) is 0 Å². The molecule has 1 N–H and O–H groups in total. The maximum atomic E-state index is 9.49. The van der Waals surface area contributed by atoms with Crippen molar-refractivity contribution in [3.05, 3.63) is 39.8 Å². The SMILES string of the molecule is CCCn1ncc(CN2CCN(Cc3ccsc3)[C@H](CCO)C2)c1C. The van der Waals surface area contributed by atoms with Crippen LogP contribution in [0.25, 0.3) is 0 Å². The minimum Gasteiger partial charge on any atom is -0.396 e. The van der Waals surface area contributed by atoms with E-state index in [0.29, 0.717) is 6.04 Å². The second-order valence-electron chi connectivity index (χ2n) is 6.98. The maximum absolute atomic E-state index is 9.49. The van der Waals surface area contributed by atoms with Gasteiger partial charge in [-0.25, -0.2) is 0 Å². The van der Waals surface area contributed by atoms with Crippen LogP contribution < -0.4 is 0 Å². The lowest BCUT2D eigenvalue weighted by Gasteiger charge is -2.41. The van der Waals surface area contributed by atoms with Crippen molar-refractivity contribution in [2.24, 2.45) is 0 Å². The van der Waals surface area contributed by atoms with Gasteiger partial charge < -0.3 is 5.11 Å². The highest BCUT2D eigenvalue weighted by Gasteiger charge is 2.27. The molecule has 25 heavy (non-hydrogen) atoms. The zero-order valence-electron chi connectivity index (χ0n) is 15.4. The Morgan fingerprint density at radius 3 is 2.92 bits per heavy atom. The van der Waals surface area contributed by atoms with Gasteiger partial charge in [0.2, 0.25) is 0 Å². The number of piperazine rings is 1. The lowest BCUT2D eigenvalue weighted by molar-refractivity contribution is 0.0499. The molecule has 1 aliphatic rings. The van der Waals surface area contributed by atoms with Crippen LogP contribution in [0.15, 0.2) is 23.0 Å². The number of hydrogen-bond donors (Lipinski definition) is 1. The molecule has 1 fully saturated rings. The summed E-state index contributed by atoms with van der Waals surface area (Å²) in [4.78, 5) is 5.05. The highest BCUT2D eigenvalue weighted by molar-refractivity contribution is 7.07. The molecule has 1 aliphatic heterocycles. The van der Waals surface area contributed by atoms with Crippen molar-refractivity contribution < 1.29 is 5.11 Å². The number of aryl methyl sites for hydroxylation is 1. The minimum atomic E-state index is 0.256. The fraction of sp³-hybridized carbons (Fsp3) is 0.632. The van der Waals surface area contributed by atoms with E-state index in [9.17, 15) is 5.11 Å². The van der Waals surface area contributed by atoms with Gasteiger partial charge in [-0.1, -0.05) is 6.92 Å². The molecule has 6 heteroatoms. The number of aromatic nitrogens is 2. The van der Waals surface area contributed by atoms with E-state index < -0.39 is 0 Å². The molecule has 5 nitrogen and oxygen atoms in total. The average Bonchev–Trinajstić information content (AvgIpc) is 3.23. The third-order valence-electron chi connectivity index (χ3n) is 5.15. The summed E-state index contributed by atoms with van der Waals surface area (Å²) in [5, 5.41) is 18.4. The maximum Gasteiger partial charge on any atom is 0.0537 e. The minimum absolute atomic E-state index is 0.256. The number of aliphatic hydroxyl groups excluding tert-OH is 1. The van der Waals surface area contributed by atoms with Gasteiger partial charge in [0.15, 0.2) is 0 Å². The zero-order chi connectivity index (χ0) is 17.6. The van der Waals surface area contributed by atoms with Crippen molar-refractivity contribution in [1.29, 1.82) is 0 Å². The second kappa shape index (κ2) is 8.94. The molecule has 0 bridgehead atoms. The van der Waals surface area contributed by atoms with Crippen molar-refractivity contribution in [1.82, 2.24) is 19.6 Å². The van der Waals surface area contributed by atoms with Crippen LogP contribution in [-0.4, -0.2) is 57.0 Å². The molecule has 2 aromatic heterocycles. The van der Waals surface area contributed by atoms with Crippen molar-refractivity contribution >= 4 is 11.3 Å². The normalized spacial score (nSPS) is 19.6. The number of thiophene rings is 1. The lowest BCUT2D eigenvalue weighted by Crippen LogP contribution is -2.52. The van der Waals surface area contributed by atoms with Gasteiger partial charge in [0.05, 0.1) is 6.20 Å². The lowest BCUT2D eigenvalue weighted by atomic mass is 10.1. The van der Waals surface area contributed by atoms with Crippen LogP contribution in [0, 0.1) is 6.92 Å². The monoisotopic (exact) mass is 362 g/mol. The summed E-state index contributed by atoms with van der Waals surface area (Å²) in [5.41, 5.74) is 4.02. The predicted octanol–water partition coefficient (Wildman–Crippen LogP) is 2.73. The second-order valence-corrected chi connectivity index (χ2v) is 7.76. The topological polar surface area (TPSA) is 44.5 Å². The van der Waals surface area contributed by atoms with Crippen LogP contribution in [-0.2, 0) is 19.6 Å². The fourth-order valence-electron chi connectivity index (χ4n) is 3.67. The first-order valence-corrected chi connectivity index (χ1v) is 10.2. The molecule has 0 spiro atoms. The molecule has 0 amide bonds. The Kier molecular flexibility index (Phi) is 6.64. The van der Waals surface area contributed by atoms with E-state index in [1.54, 1.807) is 11.3 Å². The van der Waals surface area contributed by atoms with E-state index in [2.05, 4.69) is 50.3 Å². The summed E-state index contributed by atoms with van der Waals surface area (Å²) >= 11 is 1.76. The smallest absolute Gasteiger partial charge is 0.0537 e. The summed E-state index contributed by atoms with van der Waals surface area (Å²) in [6.07, 6.45) is 3.99. The molecular formula is C19H30N4OS.